The number of hydrogen-bond donors (Lipinski definition) is 0. The molecule has 0 unspecified atom stereocenters. The van der Waals surface area contributed by atoms with Gasteiger partial charge in [-0.25, -0.2) is 12.7 Å². The fourth-order valence-corrected chi connectivity index (χ4v) is 3.16. The van der Waals surface area contributed by atoms with Crippen LogP contribution in [-0.4, -0.2) is 31.4 Å². The number of halogens is 2. The molecule has 0 saturated carbocycles. The molecule has 0 radical (unpaired) electrons. The zero-order valence-corrected chi connectivity index (χ0v) is 13.4. The standard InChI is InChI=1S/C12H17BrClNO2S/c1-15(18(16,17)9-3-2-8-14)10-11-4-6-12(13)7-5-11/h4-7H,2-3,8-10H2,1H3. The van der Waals surface area contributed by atoms with Crippen LogP contribution in [0.4, 0.5) is 0 Å². The van der Waals surface area contributed by atoms with E-state index in [1.807, 2.05) is 24.3 Å². The Morgan fingerprint density at radius 3 is 2.39 bits per heavy atom. The first-order valence-electron chi connectivity index (χ1n) is 5.70. The first-order chi connectivity index (χ1) is 8.45. The molecule has 0 saturated heterocycles. The molecule has 3 nitrogen and oxygen atoms in total. The lowest BCUT2D eigenvalue weighted by atomic mass is 10.2. The summed E-state index contributed by atoms with van der Waals surface area (Å²) in [7, 11) is -1.57. The van der Waals surface area contributed by atoms with Gasteiger partial charge in [-0.05, 0) is 30.5 Å². The Hall–Kier alpha value is -0.100. The first kappa shape index (κ1) is 16.0. The highest BCUT2D eigenvalue weighted by molar-refractivity contribution is 9.10. The zero-order chi connectivity index (χ0) is 13.6. The predicted octanol–water partition coefficient (Wildman–Crippen LogP) is 3.23. The second-order valence-corrected chi connectivity index (χ2v) is 7.58. The average molecular weight is 355 g/mol. The molecule has 0 aliphatic heterocycles. The SMILES string of the molecule is CN(Cc1ccc(Br)cc1)S(=O)(=O)CCCCCl. The van der Waals surface area contributed by atoms with Crippen LogP contribution < -0.4 is 0 Å². The third-order valence-corrected chi connectivity index (χ3v) is 5.26. The summed E-state index contributed by atoms with van der Waals surface area (Å²) in [5, 5.41) is 0. The van der Waals surface area contributed by atoms with Gasteiger partial charge in [0, 0.05) is 23.9 Å². The molecular formula is C12H17BrClNO2S. The van der Waals surface area contributed by atoms with Crippen molar-refractivity contribution in [3.63, 3.8) is 0 Å². The summed E-state index contributed by atoms with van der Waals surface area (Å²) >= 11 is 8.89. The van der Waals surface area contributed by atoms with E-state index in [9.17, 15) is 8.42 Å². The van der Waals surface area contributed by atoms with Crippen molar-refractivity contribution in [2.24, 2.45) is 0 Å². The molecule has 102 valence electrons. The monoisotopic (exact) mass is 353 g/mol. The molecule has 18 heavy (non-hydrogen) atoms. The van der Waals surface area contributed by atoms with E-state index in [-0.39, 0.29) is 5.75 Å². The lowest BCUT2D eigenvalue weighted by Crippen LogP contribution is -2.28. The van der Waals surface area contributed by atoms with E-state index in [2.05, 4.69) is 15.9 Å². The van der Waals surface area contributed by atoms with Crippen LogP contribution >= 0.6 is 27.5 Å². The second-order valence-electron chi connectivity index (χ2n) is 4.09. The average Bonchev–Trinajstić information content (AvgIpc) is 2.32. The number of alkyl halides is 1. The van der Waals surface area contributed by atoms with E-state index in [1.54, 1.807) is 7.05 Å². The van der Waals surface area contributed by atoms with Gasteiger partial charge in [0.05, 0.1) is 5.75 Å². The van der Waals surface area contributed by atoms with Gasteiger partial charge in [0.2, 0.25) is 10.0 Å². The van der Waals surface area contributed by atoms with Crippen LogP contribution in [0.5, 0.6) is 0 Å². The van der Waals surface area contributed by atoms with Crippen molar-refractivity contribution in [2.75, 3.05) is 18.7 Å². The van der Waals surface area contributed by atoms with E-state index in [0.29, 0.717) is 18.8 Å². The first-order valence-corrected chi connectivity index (χ1v) is 8.64. The normalized spacial score (nSPS) is 12.0. The highest BCUT2D eigenvalue weighted by Crippen LogP contribution is 2.13. The van der Waals surface area contributed by atoms with Crippen molar-refractivity contribution in [3.05, 3.63) is 34.3 Å². The van der Waals surface area contributed by atoms with Crippen molar-refractivity contribution < 1.29 is 8.42 Å². The third-order valence-electron chi connectivity index (χ3n) is 2.58. The minimum atomic E-state index is -3.18. The fourth-order valence-electron chi connectivity index (χ4n) is 1.48. The molecule has 0 aromatic heterocycles. The molecule has 0 N–H and O–H groups in total. The number of unbranched alkanes of at least 4 members (excludes halogenated alkanes) is 1. The van der Waals surface area contributed by atoms with Crippen LogP contribution in [0.15, 0.2) is 28.7 Å². The third kappa shape index (κ3) is 5.26. The number of benzene rings is 1. The maximum Gasteiger partial charge on any atom is 0.214 e. The molecule has 0 heterocycles. The summed E-state index contributed by atoms with van der Waals surface area (Å²) in [6, 6.07) is 7.64. The highest BCUT2D eigenvalue weighted by Gasteiger charge is 2.17. The van der Waals surface area contributed by atoms with Crippen molar-refractivity contribution in [1.29, 1.82) is 0 Å². The summed E-state index contributed by atoms with van der Waals surface area (Å²) < 4.78 is 26.3. The highest BCUT2D eigenvalue weighted by atomic mass is 79.9. The van der Waals surface area contributed by atoms with Gasteiger partial charge in [-0.2, -0.15) is 0 Å². The van der Waals surface area contributed by atoms with Crippen LogP contribution in [0.25, 0.3) is 0 Å². The van der Waals surface area contributed by atoms with E-state index in [1.165, 1.54) is 4.31 Å². The van der Waals surface area contributed by atoms with Crippen LogP contribution in [0.3, 0.4) is 0 Å². The smallest absolute Gasteiger partial charge is 0.212 e. The molecule has 1 rings (SSSR count). The van der Waals surface area contributed by atoms with Gasteiger partial charge in [0.15, 0.2) is 0 Å². The Morgan fingerprint density at radius 1 is 1.22 bits per heavy atom. The maximum absolute atomic E-state index is 12.0. The van der Waals surface area contributed by atoms with E-state index < -0.39 is 10.0 Å². The summed E-state index contributed by atoms with van der Waals surface area (Å²) in [4.78, 5) is 0. The van der Waals surface area contributed by atoms with Crippen molar-refractivity contribution in [2.45, 2.75) is 19.4 Å². The van der Waals surface area contributed by atoms with Crippen LogP contribution in [0.2, 0.25) is 0 Å². The minimum absolute atomic E-state index is 0.159. The molecule has 0 aliphatic carbocycles. The maximum atomic E-state index is 12.0. The number of rotatable bonds is 7. The molecule has 0 spiro atoms. The minimum Gasteiger partial charge on any atom is -0.212 e. The Balaban J connectivity index is 2.58. The number of hydrogen-bond acceptors (Lipinski definition) is 2. The topological polar surface area (TPSA) is 37.4 Å². The summed E-state index contributed by atoms with van der Waals surface area (Å²) in [5.41, 5.74) is 0.974. The molecule has 0 fully saturated rings. The second kappa shape index (κ2) is 7.48. The van der Waals surface area contributed by atoms with E-state index >= 15 is 0 Å². The van der Waals surface area contributed by atoms with Gasteiger partial charge in [-0.3, -0.25) is 0 Å². The number of nitrogens with zero attached hydrogens (tertiary/aromatic N) is 1. The Kier molecular flexibility index (Phi) is 6.63. The van der Waals surface area contributed by atoms with Gasteiger partial charge in [-0.1, -0.05) is 28.1 Å². The van der Waals surface area contributed by atoms with Gasteiger partial charge in [0.25, 0.3) is 0 Å². The Bertz CT molecular complexity index is 461. The van der Waals surface area contributed by atoms with Gasteiger partial charge >= 0.3 is 0 Å². The molecule has 0 amide bonds. The predicted molar refractivity (Wildman–Crippen MR) is 79.3 cm³/mol. The fraction of sp³-hybridized carbons (Fsp3) is 0.500. The van der Waals surface area contributed by atoms with Crippen LogP contribution in [0.1, 0.15) is 18.4 Å². The molecule has 6 heteroatoms. The summed E-state index contributed by atoms with van der Waals surface area (Å²) in [5.74, 6) is 0.665. The van der Waals surface area contributed by atoms with Crippen molar-refractivity contribution >= 4 is 37.6 Å². The van der Waals surface area contributed by atoms with Crippen molar-refractivity contribution in [1.82, 2.24) is 4.31 Å². The van der Waals surface area contributed by atoms with E-state index in [4.69, 9.17) is 11.6 Å². The van der Waals surface area contributed by atoms with Gasteiger partial charge in [-0.15, -0.1) is 11.6 Å². The van der Waals surface area contributed by atoms with Gasteiger partial charge < -0.3 is 0 Å². The van der Waals surface area contributed by atoms with Crippen molar-refractivity contribution in [3.8, 4) is 0 Å². The summed E-state index contributed by atoms with van der Waals surface area (Å²) in [6.45, 7) is 0.399. The Morgan fingerprint density at radius 2 is 1.83 bits per heavy atom. The Labute approximate surface area is 122 Å². The van der Waals surface area contributed by atoms with E-state index in [0.717, 1.165) is 16.5 Å². The molecule has 0 atom stereocenters. The van der Waals surface area contributed by atoms with Crippen LogP contribution in [-0.2, 0) is 16.6 Å². The quantitative estimate of drug-likeness (QED) is 0.557. The lowest BCUT2D eigenvalue weighted by molar-refractivity contribution is 0.465. The summed E-state index contributed by atoms with van der Waals surface area (Å²) in [6.07, 6.45) is 1.34. The lowest BCUT2D eigenvalue weighted by Gasteiger charge is -2.17. The molecule has 1 aromatic carbocycles. The molecule has 0 bridgehead atoms. The zero-order valence-electron chi connectivity index (χ0n) is 10.3. The molecule has 0 aliphatic rings. The largest absolute Gasteiger partial charge is 0.214 e. The number of sulfonamides is 1. The van der Waals surface area contributed by atoms with Crippen LogP contribution in [0, 0.1) is 0 Å². The molecular weight excluding hydrogens is 338 g/mol. The molecule has 1 aromatic rings. The van der Waals surface area contributed by atoms with Gasteiger partial charge in [0.1, 0.15) is 0 Å².